The smallest absolute Gasteiger partial charge is 0.246 e. The minimum Gasteiger partial charge on any atom is -0.335 e. The van der Waals surface area contributed by atoms with E-state index in [4.69, 9.17) is 0 Å². The fraction of sp³-hybridized carbons (Fsp3) is 0.357. The number of amides is 1. The Kier molecular flexibility index (Phi) is 3.09. The molecule has 0 fully saturated rings. The second-order valence-electron chi connectivity index (χ2n) is 4.26. The molecule has 2 nitrogen and oxygen atoms in total. The predicted molar refractivity (Wildman–Crippen MR) is 65.1 cm³/mol. The van der Waals surface area contributed by atoms with Crippen molar-refractivity contribution in [3.05, 3.63) is 48.0 Å². The van der Waals surface area contributed by atoms with E-state index in [0.29, 0.717) is 0 Å². The summed E-state index contributed by atoms with van der Waals surface area (Å²) in [4.78, 5) is 13.4. The Balaban J connectivity index is 2.31. The third kappa shape index (κ3) is 1.87. The van der Waals surface area contributed by atoms with Crippen LogP contribution in [0.1, 0.15) is 30.0 Å². The average molecular weight is 215 g/mol. The lowest BCUT2D eigenvalue weighted by atomic mass is 9.87. The van der Waals surface area contributed by atoms with Crippen molar-refractivity contribution in [2.45, 2.75) is 25.3 Å². The summed E-state index contributed by atoms with van der Waals surface area (Å²) >= 11 is 0. The number of rotatable bonds is 2. The lowest BCUT2D eigenvalue weighted by molar-refractivity contribution is -0.127. The number of carbonyl (C=O) groups is 1. The maximum atomic E-state index is 11.6. The van der Waals surface area contributed by atoms with Gasteiger partial charge in [-0.15, -0.1) is 0 Å². The van der Waals surface area contributed by atoms with E-state index in [9.17, 15) is 4.79 Å². The van der Waals surface area contributed by atoms with Crippen LogP contribution < -0.4 is 0 Å². The van der Waals surface area contributed by atoms with Crippen molar-refractivity contribution in [1.29, 1.82) is 0 Å². The number of hydrogen-bond donors (Lipinski definition) is 0. The first-order chi connectivity index (χ1) is 7.74. The van der Waals surface area contributed by atoms with Gasteiger partial charge in [-0.1, -0.05) is 30.8 Å². The van der Waals surface area contributed by atoms with Crippen LogP contribution in [-0.4, -0.2) is 17.9 Å². The highest BCUT2D eigenvalue weighted by molar-refractivity contribution is 5.87. The summed E-state index contributed by atoms with van der Waals surface area (Å²) in [5.74, 6) is 0.00158. The standard InChI is InChI=1S/C14H17NO/c1-3-14(16)15(2)13-10-6-8-11-7-4-5-9-12(11)13/h3-5,7,9,13H,1,6,8,10H2,2H3. The van der Waals surface area contributed by atoms with Crippen LogP contribution in [0.25, 0.3) is 0 Å². The molecule has 0 aliphatic heterocycles. The summed E-state index contributed by atoms with van der Waals surface area (Å²) in [6.07, 6.45) is 4.71. The van der Waals surface area contributed by atoms with Crippen LogP contribution in [0, 0.1) is 0 Å². The Bertz CT molecular complexity index is 411. The minimum absolute atomic E-state index is 0.00158. The summed E-state index contributed by atoms with van der Waals surface area (Å²) < 4.78 is 0. The average Bonchev–Trinajstić information content (AvgIpc) is 2.36. The molecule has 0 saturated carbocycles. The van der Waals surface area contributed by atoms with Gasteiger partial charge in [0.05, 0.1) is 6.04 Å². The zero-order chi connectivity index (χ0) is 11.5. The molecule has 2 rings (SSSR count). The molecule has 0 heterocycles. The molecule has 1 aromatic rings. The molecule has 16 heavy (non-hydrogen) atoms. The molecule has 0 aromatic heterocycles. The monoisotopic (exact) mass is 215 g/mol. The summed E-state index contributed by atoms with van der Waals surface area (Å²) in [6, 6.07) is 8.62. The molecule has 0 saturated heterocycles. The predicted octanol–water partition coefficient (Wildman–Crippen LogP) is 2.71. The fourth-order valence-corrected chi connectivity index (χ4v) is 2.43. The van der Waals surface area contributed by atoms with Gasteiger partial charge in [-0.3, -0.25) is 4.79 Å². The third-order valence-electron chi connectivity index (χ3n) is 3.33. The topological polar surface area (TPSA) is 20.3 Å². The van der Waals surface area contributed by atoms with Gasteiger partial charge in [-0.25, -0.2) is 0 Å². The molecule has 2 heteroatoms. The maximum Gasteiger partial charge on any atom is 0.246 e. The highest BCUT2D eigenvalue weighted by Gasteiger charge is 2.24. The summed E-state index contributed by atoms with van der Waals surface area (Å²) in [7, 11) is 1.86. The molecule has 0 radical (unpaired) electrons. The Morgan fingerprint density at radius 2 is 2.25 bits per heavy atom. The molecule has 0 bridgehead atoms. The molecule has 1 amide bonds. The molecule has 1 aliphatic rings. The maximum absolute atomic E-state index is 11.6. The van der Waals surface area contributed by atoms with E-state index in [1.165, 1.54) is 17.2 Å². The number of carbonyl (C=O) groups excluding carboxylic acids is 1. The van der Waals surface area contributed by atoms with Crippen molar-refractivity contribution in [3.63, 3.8) is 0 Å². The molecular formula is C14H17NO. The number of benzene rings is 1. The van der Waals surface area contributed by atoms with E-state index < -0.39 is 0 Å². The largest absolute Gasteiger partial charge is 0.335 e. The van der Waals surface area contributed by atoms with Crippen LogP contribution in [0.3, 0.4) is 0 Å². The Morgan fingerprint density at radius 1 is 1.50 bits per heavy atom. The van der Waals surface area contributed by atoms with Gasteiger partial charge < -0.3 is 4.90 Å². The quantitative estimate of drug-likeness (QED) is 0.695. The number of aryl methyl sites for hydroxylation is 1. The van der Waals surface area contributed by atoms with Crippen molar-refractivity contribution >= 4 is 5.91 Å². The molecular weight excluding hydrogens is 198 g/mol. The van der Waals surface area contributed by atoms with Crippen LogP contribution in [-0.2, 0) is 11.2 Å². The molecule has 1 aliphatic carbocycles. The van der Waals surface area contributed by atoms with Gasteiger partial charge in [0.25, 0.3) is 0 Å². The van der Waals surface area contributed by atoms with Gasteiger partial charge in [0, 0.05) is 7.05 Å². The van der Waals surface area contributed by atoms with Gasteiger partial charge in [0.1, 0.15) is 0 Å². The first-order valence-corrected chi connectivity index (χ1v) is 5.71. The Morgan fingerprint density at radius 3 is 3.00 bits per heavy atom. The number of nitrogens with zero attached hydrogens (tertiary/aromatic N) is 1. The van der Waals surface area contributed by atoms with Crippen LogP contribution in [0.2, 0.25) is 0 Å². The molecule has 0 N–H and O–H groups in total. The minimum atomic E-state index is 0.00158. The highest BCUT2D eigenvalue weighted by atomic mass is 16.2. The Hall–Kier alpha value is -1.57. The van der Waals surface area contributed by atoms with Gasteiger partial charge >= 0.3 is 0 Å². The molecule has 1 atom stereocenters. The second kappa shape index (κ2) is 4.52. The zero-order valence-corrected chi connectivity index (χ0v) is 9.65. The summed E-state index contributed by atoms with van der Waals surface area (Å²) in [5.41, 5.74) is 2.67. The van der Waals surface area contributed by atoms with Gasteiger partial charge in [-0.05, 0) is 36.5 Å². The first-order valence-electron chi connectivity index (χ1n) is 5.71. The summed E-state index contributed by atoms with van der Waals surface area (Å²) in [6.45, 7) is 3.54. The molecule has 1 aromatic carbocycles. The van der Waals surface area contributed by atoms with Crippen molar-refractivity contribution in [2.24, 2.45) is 0 Å². The van der Waals surface area contributed by atoms with Gasteiger partial charge in [0.2, 0.25) is 5.91 Å². The first kappa shape index (κ1) is 10.9. The Labute approximate surface area is 96.6 Å². The highest BCUT2D eigenvalue weighted by Crippen LogP contribution is 2.33. The fourth-order valence-electron chi connectivity index (χ4n) is 2.43. The van der Waals surface area contributed by atoms with Crippen LogP contribution in [0.5, 0.6) is 0 Å². The second-order valence-corrected chi connectivity index (χ2v) is 4.26. The third-order valence-corrected chi connectivity index (χ3v) is 3.33. The van der Waals surface area contributed by atoms with E-state index in [-0.39, 0.29) is 11.9 Å². The van der Waals surface area contributed by atoms with E-state index in [0.717, 1.165) is 19.3 Å². The van der Waals surface area contributed by atoms with Crippen LogP contribution in [0.15, 0.2) is 36.9 Å². The van der Waals surface area contributed by atoms with Crippen LogP contribution >= 0.6 is 0 Å². The van der Waals surface area contributed by atoms with Crippen molar-refractivity contribution < 1.29 is 4.79 Å². The normalized spacial score (nSPS) is 18.7. The van der Waals surface area contributed by atoms with Crippen LogP contribution in [0.4, 0.5) is 0 Å². The molecule has 84 valence electrons. The van der Waals surface area contributed by atoms with Crippen molar-refractivity contribution in [2.75, 3.05) is 7.05 Å². The van der Waals surface area contributed by atoms with Crippen molar-refractivity contribution in [3.8, 4) is 0 Å². The lowest BCUT2D eigenvalue weighted by Crippen LogP contribution is -2.31. The number of fused-ring (bicyclic) bond motifs is 1. The van der Waals surface area contributed by atoms with E-state index in [1.807, 2.05) is 13.1 Å². The van der Waals surface area contributed by atoms with Gasteiger partial charge in [0.15, 0.2) is 0 Å². The number of hydrogen-bond acceptors (Lipinski definition) is 1. The van der Waals surface area contributed by atoms with Gasteiger partial charge in [-0.2, -0.15) is 0 Å². The van der Waals surface area contributed by atoms with E-state index in [1.54, 1.807) is 4.90 Å². The molecule has 0 spiro atoms. The SMILES string of the molecule is C=CC(=O)N(C)C1CCCc2ccccc21. The molecule has 1 unspecified atom stereocenters. The van der Waals surface area contributed by atoms with E-state index >= 15 is 0 Å². The summed E-state index contributed by atoms with van der Waals surface area (Å²) in [5, 5.41) is 0. The number of likely N-dealkylation sites (N-methyl/N-ethyl adjacent to an activating group) is 1. The van der Waals surface area contributed by atoms with Crippen molar-refractivity contribution in [1.82, 2.24) is 4.90 Å². The zero-order valence-electron chi connectivity index (χ0n) is 9.65. The van der Waals surface area contributed by atoms with E-state index in [2.05, 4.69) is 24.8 Å². The lowest BCUT2D eigenvalue weighted by Gasteiger charge is -2.32.